The molecule has 0 atom stereocenters. The summed E-state index contributed by atoms with van der Waals surface area (Å²) in [5.41, 5.74) is 1.23. The Morgan fingerprint density at radius 2 is 1.93 bits per heavy atom. The normalized spacial score (nSPS) is 16.6. The van der Waals surface area contributed by atoms with E-state index in [-0.39, 0.29) is 0 Å². The second kappa shape index (κ2) is 7.59. The summed E-state index contributed by atoms with van der Waals surface area (Å²) in [7, 11) is 0. The van der Waals surface area contributed by atoms with E-state index in [1.54, 1.807) is 11.3 Å². The Bertz CT molecular complexity index is 995. The van der Waals surface area contributed by atoms with Crippen LogP contribution in [0.5, 0.6) is 11.5 Å². The SMILES string of the molecule is Cc1cc2c(NCCc3ccc4c(c3)OCO4)nc(C3CCCCC3)nc2s1. The smallest absolute Gasteiger partial charge is 0.231 e. The molecule has 1 aliphatic heterocycles. The number of anilines is 1. The van der Waals surface area contributed by atoms with E-state index in [0.717, 1.165) is 46.3 Å². The predicted octanol–water partition coefficient (Wildman–Crippen LogP) is 5.43. The highest BCUT2D eigenvalue weighted by Crippen LogP contribution is 2.35. The van der Waals surface area contributed by atoms with Gasteiger partial charge in [0.1, 0.15) is 16.5 Å². The topological polar surface area (TPSA) is 56.3 Å². The van der Waals surface area contributed by atoms with E-state index < -0.39 is 0 Å². The van der Waals surface area contributed by atoms with Crippen molar-refractivity contribution in [1.29, 1.82) is 0 Å². The molecule has 6 heteroatoms. The standard InChI is InChI=1S/C22H25N3O2S/c1-14-11-17-21(23-10-9-15-7-8-18-19(12-15)27-13-26-18)24-20(25-22(17)28-14)16-5-3-2-4-6-16/h7-8,11-12,16H,2-6,9-10,13H2,1H3,(H,23,24,25). The van der Waals surface area contributed by atoms with Gasteiger partial charge < -0.3 is 14.8 Å². The Morgan fingerprint density at radius 1 is 1.07 bits per heavy atom. The number of benzene rings is 1. The first-order chi connectivity index (χ1) is 13.8. The first-order valence-corrected chi connectivity index (χ1v) is 11.0. The number of rotatable bonds is 5. The fourth-order valence-electron chi connectivity index (χ4n) is 4.16. The Kier molecular flexibility index (Phi) is 4.81. The molecule has 2 aliphatic rings. The third-order valence-corrected chi connectivity index (χ3v) is 6.59. The zero-order valence-corrected chi connectivity index (χ0v) is 17.0. The van der Waals surface area contributed by atoms with Crippen molar-refractivity contribution in [1.82, 2.24) is 9.97 Å². The van der Waals surface area contributed by atoms with Crippen LogP contribution in [0.2, 0.25) is 0 Å². The number of nitrogens with zero attached hydrogens (tertiary/aromatic N) is 2. The van der Waals surface area contributed by atoms with Crippen molar-refractivity contribution < 1.29 is 9.47 Å². The molecule has 1 N–H and O–H groups in total. The van der Waals surface area contributed by atoms with Gasteiger partial charge in [-0.05, 0) is 49.9 Å². The molecule has 0 saturated heterocycles. The van der Waals surface area contributed by atoms with Crippen LogP contribution in [0.15, 0.2) is 24.3 Å². The minimum absolute atomic E-state index is 0.317. The average molecular weight is 396 g/mol. The minimum atomic E-state index is 0.317. The molecule has 5 nitrogen and oxygen atoms in total. The molecule has 0 unspecified atom stereocenters. The quantitative estimate of drug-likeness (QED) is 0.624. The van der Waals surface area contributed by atoms with Gasteiger partial charge >= 0.3 is 0 Å². The van der Waals surface area contributed by atoms with Crippen molar-refractivity contribution >= 4 is 27.4 Å². The second-order valence-electron chi connectivity index (χ2n) is 7.71. The van der Waals surface area contributed by atoms with Crippen LogP contribution in [0.4, 0.5) is 5.82 Å². The van der Waals surface area contributed by atoms with Crippen molar-refractivity contribution in [3.05, 3.63) is 40.5 Å². The van der Waals surface area contributed by atoms with Crippen molar-refractivity contribution in [3.63, 3.8) is 0 Å². The van der Waals surface area contributed by atoms with E-state index in [0.29, 0.717) is 12.7 Å². The molecule has 3 heterocycles. The molecule has 1 aliphatic carbocycles. The maximum Gasteiger partial charge on any atom is 0.231 e. The molecule has 0 radical (unpaired) electrons. The molecule has 2 aromatic heterocycles. The zero-order chi connectivity index (χ0) is 18.9. The summed E-state index contributed by atoms with van der Waals surface area (Å²) < 4.78 is 10.9. The summed E-state index contributed by atoms with van der Waals surface area (Å²) in [5, 5.41) is 4.73. The summed E-state index contributed by atoms with van der Waals surface area (Å²) in [6.07, 6.45) is 7.27. The highest BCUT2D eigenvalue weighted by molar-refractivity contribution is 7.18. The zero-order valence-electron chi connectivity index (χ0n) is 16.2. The van der Waals surface area contributed by atoms with Gasteiger partial charge in [0, 0.05) is 17.3 Å². The van der Waals surface area contributed by atoms with E-state index in [1.807, 2.05) is 6.07 Å². The largest absolute Gasteiger partial charge is 0.454 e. The maximum absolute atomic E-state index is 5.49. The number of nitrogens with one attached hydrogen (secondary N) is 1. The number of fused-ring (bicyclic) bond motifs is 2. The number of thiophene rings is 1. The van der Waals surface area contributed by atoms with Crippen LogP contribution < -0.4 is 14.8 Å². The van der Waals surface area contributed by atoms with E-state index in [1.165, 1.54) is 42.5 Å². The third kappa shape index (κ3) is 3.53. The fraction of sp³-hybridized carbons (Fsp3) is 0.455. The van der Waals surface area contributed by atoms with Gasteiger partial charge in [0.15, 0.2) is 11.5 Å². The first kappa shape index (κ1) is 17.7. The Hall–Kier alpha value is -2.34. The van der Waals surface area contributed by atoms with E-state index >= 15 is 0 Å². The number of hydrogen-bond donors (Lipinski definition) is 1. The van der Waals surface area contributed by atoms with Gasteiger partial charge in [-0.25, -0.2) is 9.97 Å². The minimum Gasteiger partial charge on any atom is -0.454 e. The van der Waals surface area contributed by atoms with Crippen molar-refractivity contribution in [2.75, 3.05) is 18.7 Å². The van der Waals surface area contributed by atoms with Gasteiger partial charge in [-0.1, -0.05) is 25.3 Å². The fourth-order valence-corrected chi connectivity index (χ4v) is 5.04. The summed E-state index contributed by atoms with van der Waals surface area (Å²) in [5.74, 6) is 4.19. The molecule has 0 spiro atoms. The monoisotopic (exact) mass is 395 g/mol. The molecule has 28 heavy (non-hydrogen) atoms. The van der Waals surface area contributed by atoms with Crippen LogP contribution in [-0.4, -0.2) is 23.3 Å². The van der Waals surface area contributed by atoms with Crippen molar-refractivity contribution in [2.45, 2.75) is 51.4 Å². The van der Waals surface area contributed by atoms with Gasteiger partial charge in [0.25, 0.3) is 0 Å². The lowest BCUT2D eigenvalue weighted by Crippen LogP contribution is -2.12. The average Bonchev–Trinajstić information content (AvgIpc) is 3.33. The molecule has 5 rings (SSSR count). The summed E-state index contributed by atoms with van der Waals surface area (Å²) in [6.45, 7) is 3.28. The highest BCUT2D eigenvalue weighted by atomic mass is 32.1. The molecular weight excluding hydrogens is 370 g/mol. The highest BCUT2D eigenvalue weighted by Gasteiger charge is 2.21. The van der Waals surface area contributed by atoms with Crippen LogP contribution in [0.25, 0.3) is 10.2 Å². The maximum atomic E-state index is 5.49. The van der Waals surface area contributed by atoms with E-state index in [2.05, 4.69) is 30.4 Å². The Balaban J connectivity index is 1.35. The lowest BCUT2D eigenvalue weighted by atomic mass is 9.89. The van der Waals surface area contributed by atoms with Gasteiger partial charge in [0.05, 0.1) is 5.39 Å². The molecule has 1 aromatic carbocycles. The molecule has 1 fully saturated rings. The molecule has 146 valence electrons. The molecular formula is C22H25N3O2S. The summed E-state index contributed by atoms with van der Waals surface area (Å²) in [4.78, 5) is 12.3. The van der Waals surface area contributed by atoms with Crippen LogP contribution >= 0.6 is 11.3 Å². The summed E-state index contributed by atoms with van der Waals surface area (Å²) in [6, 6.07) is 8.37. The van der Waals surface area contributed by atoms with Gasteiger partial charge in [-0.2, -0.15) is 0 Å². The number of ether oxygens (including phenoxy) is 2. The first-order valence-electron chi connectivity index (χ1n) is 10.2. The predicted molar refractivity (Wildman–Crippen MR) is 113 cm³/mol. The van der Waals surface area contributed by atoms with Gasteiger partial charge in [-0.15, -0.1) is 11.3 Å². The molecule has 1 saturated carbocycles. The molecule has 3 aromatic rings. The van der Waals surface area contributed by atoms with Gasteiger partial charge in [-0.3, -0.25) is 0 Å². The van der Waals surface area contributed by atoms with Crippen LogP contribution in [0, 0.1) is 6.92 Å². The lowest BCUT2D eigenvalue weighted by molar-refractivity contribution is 0.174. The molecule has 0 bridgehead atoms. The lowest BCUT2D eigenvalue weighted by Gasteiger charge is -2.21. The summed E-state index contributed by atoms with van der Waals surface area (Å²) >= 11 is 1.77. The number of aromatic nitrogens is 2. The Morgan fingerprint density at radius 3 is 2.82 bits per heavy atom. The molecule has 0 amide bonds. The van der Waals surface area contributed by atoms with Crippen molar-refractivity contribution in [2.24, 2.45) is 0 Å². The van der Waals surface area contributed by atoms with Crippen LogP contribution in [0.1, 0.15) is 54.3 Å². The third-order valence-electron chi connectivity index (χ3n) is 5.65. The van der Waals surface area contributed by atoms with Crippen molar-refractivity contribution in [3.8, 4) is 11.5 Å². The van der Waals surface area contributed by atoms with E-state index in [9.17, 15) is 0 Å². The van der Waals surface area contributed by atoms with Crippen LogP contribution in [-0.2, 0) is 6.42 Å². The van der Waals surface area contributed by atoms with E-state index in [4.69, 9.17) is 19.4 Å². The number of aryl methyl sites for hydroxylation is 1. The number of hydrogen-bond acceptors (Lipinski definition) is 6. The van der Waals surface area contributed by atoms with Gasteiger partial charge in [0.2, 0.25) is 6.79 Å². The Labute approximate surface area is 169 Å². The second-order valence-corrected chi connectivity index (χ2v) is 8.94. The van der Waals surface area contributed by atoms with Crippen LogP contribution in [0.3, 0.4) is 0 Å².